The standard InChI is InChI=1S/C25H26F4N4O2S/c1-2-19(34)14-9-17(26)22(18(27)10-14)20-11-16(23(30)35)24(36-20)32-21-6-3-5-15(31-21)12-33-8-4-7-25(28,29)13-33/h3,5-6,9-11,19,34H,2,4,7-8,12-13H2,1H3,(H2,30,35)(H,31,32). The SMILES string of the molecule is CCC(O)c1cc(F)c(-c2cc(C(N)=O)c(Nc3cccc(CN4CCCC(F)(F)C4)n3)s2)c(F)c1. The van der Waals surface area contributed by atoms with E-state index in [1.807, 2.05) is 0 Å². The second-order valence-electron chi connectivity index (χ2n) is 8.81. The Morgan fingerprint density at radius 3 is 2.64 bits per heavy atom. The number of halogens is 4. The Kier molecular flexibility index (Phi) is 7.62. The monoisotopic (exact) mass is 522 g/mol. The van der Waals surface area contributed by atoms with Crippen LogP contribution in [0.5, 0.6) is 0 Å². The van der Waals surface area contributed by atoms with Gasteiger partial charge < -0.3 is 16.2 Å². The Morgan fingerprint density at radius 2 is 2.00 bits per heavy atom. The number of hydrogen-bond donors (Lipinski definition) is 3. The lowest BCUT2D eigenvalue weighted by molar-refractivity contribution is -0.0663. The van der Waals surface area contributed by atoms with Gasteiger partial charge in [-0.05, 0) is 55.3 Å². The minimum absolute atomic E-state index is 0.0225. The summed E-state index contributed by atoms with van der Waals surface area (Å²) in [6, 6.07) is 8.47. The molecule has 1 aliphatic heterocycles. The molecule has 4 N–H and O–H groups in total. The van der Waals surface area contributed by atoms with Crippen LogP contribution >= 0.6 is 11.3 Å². The number of nitrogens with one attached hydrogen (secondary N) is 1. The van der Waals surface area contributed by atoms with Crippen LogP contribution in [-0.4, -0.2) is 39.9 Å². The summed E-state index contributed by atoms with van der Waals surface area (Å²) in [7, 11) is 0. The van der Waals surface area contributed by atoms with Crippen molar-refractivity contribution in [1.29, 1.82) is 0 Å². The molecule has 4 rings (SSSR count). The van der Waals surface area contributed by atoms with Crippen LogP contribution in [0.1, 0.15) is 53.9 Å². The summed E-state index contributed by atoms with van der Waals surface area (Å²) in [6.07, 6.45) is -0.433. The molecular formula is C25H26F4N4O2S. The van der Waals surface area contributed by atoms with Crippen molar-refractivity contribution < 1.29 is 27.5 Å². The third kappa shape index (κ3) is 5.85. The van der Waals surface area contributed by atoms with Gasteiger partial charge in [-0.3, -0.25) is 9.69 Å². The molecule has 0 spiro atoms. The number of aromatic nitrogens is 1. The van der Waals surface area contributed by atoms with Gasteiger partial charge in [0.05, 0.1) is 29.5 Å². The number of alkyl halides is 2. The van der Waals surface area contributed by atoms with Crippen molar-refractivity contribution >= 4 is 28.1 Å². The Bertz CT molecular complexity index is 1240. The first-order valence-corrected chi connectivity index (χ1v) is 12.3. The maximum atomic E-state index is 14.8. The number of carbonyl (C=O) groups excluding carboxylic acids is 1. The Balaban J connectivity index is 1.60. The highest BCUT2D eigenvalue weighted by atomic mass is 32.1. The van der Waals surface area contributed by atoms with E-state index >= 15 is 0 Å². The number of aliphatic hydroxyl groups is 1. The maximum Gasteiger partial charge on any atom is 0.260 e. The number of pyridine rings is 1. The van der Waals surface area contributed by atoms with Crippen LogP contribution in [0, 0.1) is 11.6 Å². The first kappa shape index (κ1) is 26.1. The summed E-state index contributed by atoms with van der Waals surface area (Å²) >= 11 is 0.921. The van der Waals surface area contributed by atoms with E-state index in [0.29, 0.717) is 30.9 Å². The first-order valence-electron chi connectivity index (χ1n) is 11.5. The molecule has 0 radical (unpaired) electrons. The van der Waals surface area contributed by atoms with Gasteiger partial charge in [-0.15, -0.1) is 11.3 Å². The van der Waals surface area contributed by atoms with Gasteiger partial charge in [-0.25, -0.2) is 22.5 Å². The fourth-order valence-corrected chi connectivity index (χ4v) is 5.33. The Hall–Kier alpha value is -3.02. The summed E-state index contributed by atoms with van der Waals surface area (Å²) in [6.45, 7) is 2.13. The Labute approximate surface area is 209 Å². The van der Waals surface area contributed by atoms with E-state index in [2.05, 4.69) is 10.3 Å². The van der Waals surface area contributed by atoms with Crippen molar-refractivity contribution in [2.24, 2.45) is 5.73 Å². The molecule has 1 aromatic carbocycles. The van der Waals surface area contributed by atoms with E-state index in [-0.39, 0.29) is 46.1 Å². The van der Waals surface area contributed by atoms with Gasteiger partial charge in [0.1, 0.15) is 22.5 Å². The third-order valence-electron chi connectivity index (χ3n) is 5.99. The second kappa shape index (κ2) is 10.5. The fraction of sp³-hybridized carbons (Fsp3) is 0.360. The van der Waals surface area contributed by atoms with Gasteiger partial charge in [0, 0.05) is 17.8 Å². The molecular weight excluding hydrogens is 496 g/mol. The highest BCUT2D eigenvalue weighted by Gasteiger charge is 2.35. The van der Waals surface area contributed by atoms with Crippen molar-refractivity contribution in [3.63, 3.8) is 0 Å². The summed E-state index contributed by atoms with van der Waals surface area (Å²) in [5, 5.41) is 13.1. The quantitative estimate of drug-likeness (QED) is 0.335. The summed E-state index contributed by atoms with van der Waals surface area (Å²) in [5.74, 6) is -4.95. The molecule has 0 saturated carbocycles. The number of rotatable bonds is 8. The number of hydrogen-bond acceptors (Lipinski definition) is 6. The van der Waals surface area contributed by atoms with Crippen molar-refractivity contribution in [3.05, 3.63) is 64.9 Å². The van der Waals surface area contributed by atoms with Crippen LogP contribution in [0.4, 0.5) is 28.4 Å². The van der Waals surface area contributed by atoms with E-state index < -0.39 is 29.6 Å². The highest BCUT2D eigenvalue weighted by molar-refractivity contribution is 7.20. The first-order chi connectivity index (χ1) is 17.1. The van der Waals surface area contributed by atoms with Crippen LogP contribution in [0.3, 0.4) is 0 Å². The van der Waals surface area contributed by atoms with E-state index in [9.17, 15) is 27.5 Å². The van der Waals surface area contributed by atoms with Crippen LogP contribution in [-0.2, 0) is 6.54 Å². The number of benzene rings is 1. The minimum atomic E-state index is -2.73. The average Bonchev–Trinajstić information content (AvgIpc) is 3.21. The number of anilines is 2. The van der Waals surface area contributed by atoms with Crippen LogP contribution in [0.2, 0.25) is 0 Å². The summed E-state index contributed by atoms with van der Waals surface area (Å²) < 4.78 is 57.2. The largest absolute Gasteiger partial charge is 0.388 e. The van der Waals surface area contributed by atoms with Crippen molar-refractivity contribution in [1.82, 2.24) is 9.88 Å². The molecule has 1 saturated heterocycles. The molecule has 6 nitrogen and oxygen atoms in total. The molecule has 3 aromatic rings. The van der Waals surface area contributed by atoms with Crippen molar-refractivity contribution in [2.75, 3.05) is 18.4 Å². The molecule has 11 heteroatoms. The van der Waals surface area contributed by atoms with Crippen LogP contribution < -0.4 is 11.1 Å². The predicted octanol–water partition coefficient (Wildman–Crippen LogP) is 5.61. The third-order valence-corrected chi connectivity index (χ3v) is 7.05. The van der Waals surface area contributed by atoms with E-state index in [0.717, 1.165) is 23.5 Å². The highest BCUT2D eigenvalue weighted by Crippen LogP contribution is 2.40. The number of aliphatic hydroxyl groups excluding tert-OH is 1. The van der Waals surface area contributed by atoms with Gasteiger partial charge in [-0.2, -0.15) is 0 Å². The summed E-state index contributed by atoms with van der Waals surface area (Å²) in [5.41, 5.74) is 5.86. The van der Waals surface area contributed by atoms with Crippen LogP contribution in [0.15, 0.2) is 36.4 Å². The van der Waals surface area contributed by atoms with Gasteiger partial charge in [0.15, 0.2) is 0 Å². The molecule has 1 atom stereocenters. The van der Waals surface area contributed by atoms with Gasteiger partial charge >= 0.3 is 0 Å². The molecule has 0 aliphatic carbocycles. The molecule has 2 aromatic heterocycles. The topological polar surface area (TPSA) is 91.5 Å². The number of thiophene rings is 1. The number of nitrogens with zero attached hydrogens (tertiary/aromatic N) is 2. The van der Waals surface area contributed by atoms with E-state index in [1.54, 1.807) is 30.0 Å². The average molecular weight is 523 g/mol. The normalized spacial score (nSPS) is 16.6. The number of nitrogens with two attached hydrogens (primary N) is 1. The maximum absolute atomic E-state index is 14.8. The number of primary amides is 1. The van der Waals surface area contributed by atoms with E-state index in [4.69, 9.17) is 5.73 Å². The molecule has 3 heterocycles. The predicted molar refractivity (Wildman–Crippen MR) is 130 cm³/mol. The molecule has 36 heavy (non-hydrogen) atoms. The van der Waals surface area contributed by atoms with Gasteiger partial charge in [0.2, 0.25) is 0 Å². The lowest BCUT2D eigenvalue weighted by atomic mass is 10.0. The van der Waals surface area contributed by atoms with Crippen LogP contribution in [0.25, 0.3) is 10.4 Å². The molecule has 0 bridgehead atoms. The second-order valence-corrected chi connectivity index (χ2v) is 9.86. The molecule has 192 valence electrons. The molecule has 1 fully saturated rings. The van der Waals surface area contributed by atoms with Crippen molar-refractivity contribution in [2.45, 2.75) is 44.8 Å². The lowest BCUT2D eigenvalue weighted by Crippen LogP contribution is -2.42. The number of likely N-dealkylation sites (tertiary alicyclic amines) is 1. The Morgan fingerprint density at radius 1 is 1.28 bits per heavy atom. The lowest BCUT2D eigenvalue weighted by Gasteiger charge is -2.32. The zero-order valence-electron chi connectivity index (χ0n) is 19.5. The zero-order chi connectivity index (χ0) is 26.0. The molecule has 1 aliphatic rings. The van der Waals surface area contributed by atoms with E-state index in [1.165, 1.54) is 6.07 Å². The number of carbonyl (C=O) groups is 1. The fourth-order valence-electron chi connectivity index (χ4n) is 4.21. The molecule has 1 unspecified atom stereocenters. The van der Waals surface area contributed by atoms with Crippen molar-refractivity contribution in [3.8, 4) is 10.4 Å². The smallest absolute Gasteiger partial charge is 0.260 e. The van der Waals surface area contributed by atoms with Gasteiger partial charge in [-0.1, -0.05) is 13.0 Å². The summed E-state index contributed by atoms with van der Waals surface area (Å²) in [4.78, 5) is 18.3. The zero-order valence-corrected chi connectivity index (χ0v) is 20.3. The molecule has 1 amide bonds. The number of piperidine rings is 1. The van der Waals surface area contributed by atoms with Gasteiger partial charge in [0.25, 0.3) is 11.8 Å². The number of amides is 1. The minimum Gasteiger partial charge on any atom is -0.388 e.